The minimum Gasteiger partial charge on any atom is -0.308 e. The van der Waals surface area contributed by atoms with Crippen molar-refractivity contribution in [3.8, 4) is 0 Å². The molecule has 0 radical (unpaired) electrons. The van der Waals surface area contributed by atoms with Gasteiger partial charge in [-0.25, -0.2) is 0 Å². The molecule has 6 rings (SSSR count). The summed E-state index contributed by atoms with van der Waals surface area (Å²) in [5.74, 6) is 0. The highest BCUT2D eigenvalue weighted by atomic mass is 127. The van der Waals surface area contributed by atoms with E-state index in [1.165, 1.54) is 63.7 Å². The molecule has 31 heavy (non-hydrogen) atoms. The summed E-state index contributed by atoms with van der Waals surface area (Å²) in [5.41, 5.74) is 9.25. The average molecular weight is 516 g/mol. The third kappa shape index (κ3) is 2.72. The average Bonchev–Trinajstić information content (AvgIpc) is 3.01. The number of nitrogens with zero attached hydrogens (tertiary/aromatic N) is 2. The monoisotopic (exact) mass is 516 g/mol. The summed E-state index contributed by atoms with van der Waals surface area (Å²) in [6.07, 6.45) is 3.09. The predicted molar refractivity (Wildman–Crippen MR) is 142 cm³/mol. The summed E-state index contributed by atoms with van der Waals surface area (Å²) in [4.78, 5) is 4.96. The summed E-state index contributed by atoms with van der Waals surface area (Å²) < 4.78 is 3.71. The highest BCUT2D eigenvalue weighted by Crippen LogP contribution is 2.42. The molecule has 3 aromatic carbocycles. The first-order valence-corrected chi connectivity index (χ1v) is 12.0. The first-order valence-electron chi connectivity index (χ1n) is 10.9. The van der Waals surface area contributed by atoms with E-state index in [4.69, 9.17) is 4.98 Å². The van der Waals surface area contributed by atoms with E-state index in [0.717, 1.165) is 11.9 Å². The molecule has 0 aliphatic rings. The standard InChI is InChI=1S/C28H25IN2/c1-15-10-16(2)26-21(11-15)25-24-19(22(29)14-30-25)8-7-18-20-12-17(13-28(3,4)5)6-9-23(20)31(26)27(18)24/h6-12,14H,13H2,1-5H3. The van der Waals surface area contributed by atoms with Crippen LogP contribution in [0.5, 0.6) is 0 Å². The number of halogens is 1. The van der Waals surface area contributed by atoms with Gasteiger partial charge in [0.25, 0.3) is 0 Å². The Morgan fingerprint density at radius 3 is 2.42 bits per heavy atom. The Labute approximate surface area is 195 Å². The van der Waals surface area contributed by atoms with Crippen molar-refractivity contribution in [3.05, 3.63) is 68.9 Å². The Morgan fingerprint density at radius 2 is 1.65 bits per heavy atom. The lowest BCUT2D eigenvalue weighted by molar-refractivity contribution is 0.411. The predicted octanol–water partition coefficient (Wildman–Crippen LogP) is 8.19. The van der Waals surface area contributed by atoms with Crippen molar-refractivity contribution >= 4 is 71.6 Å². The van der Waals surface area contributed by atoms with E-state index in [0.29, 0.717) is 0 Å². The van der Waals surface area contributed by atoms with Crippen molar-refractivity contribution < 1.29 is 0 Å². The van der Waals surface area contributed by atoms with Crippen LogP contribution in [0.15, 0.2) is 48.7 Å². The van der Waals surface area contributed by atoms with Crippen LogP contribution in [0.1, 0.15) is 37.5 Å². The number of benzene rings is 3. The third-order valence-corrected chi connectivity index (χ3v) is 7.31. The van der Waals surface area contributed by atoms with Gasteiger partial charge in [-0.15, -0.1) is 0 Å². The fourth-order valence-electron chi connectivity index (χ4n) is 5.45. The number of aryl methyl sites for hydroxylation is 2. The molecule has 0 amide bonds. The van der Waals surface area contributed by atoms with Crippen molar-refractivity contribution in [1.82, 2.24) is 9.38 Å². The summed E-state index contributed by atoms with van der Waals surface area (Å²) in [5, 5.41) is 6.50. The number of hydrogen-bond donors (Lipinski definition) is 0. The molecule has 0 unspecified atom stereocenters. The molecule has 0 saturated heterocycles. The Balaban J connectivity index is 1.91. The highest BCUT2D eigenvalue weighted by molar-refractivity contribution is 14.1. The van der Waals surface area contributed by atoms with Gasteiger partial charge < -0.3 is 4.40 Å². The topological polar surface area (TPSA) is 17.3 Å². The number of hydrogen-bond acceptors (Lipinski definition) is 1. The third-order valence-electron chi connectivity index (χ3n) is 6.45. The van der Waals surface area contributed by atoms with Crippen LogP contribution in [0.25, 0.3) is 49.0 Å². The van der Waals surface area contributed by atoms with Gasteiger partial charge in [-0.1, -0.05) is 50.6 Å². The number of fused-ring (bicyclic) bond motifs is 6. The molecule has 0 bridgehead atoms. The smallest absolute Gasteiger partial charge is 0.0823 e. The number of aromatic nitrogens is 2. The molecule has 6 aromatic rings. The molecule has 0 N–H and O–H groups in total. The first-order chi connectivity index (χ1) is 14.7. The van der Waals surface area contributed by atoms with Crippen molar-refractivity contribution in [2.24, 2.45) is 5.41 Å². The van der Waals surface area contributed by atoms with Crippen LogP contribution in [0.4, 0.5) is 0 Å². The summed E-state index contributed by atoms with van der Waals surface area (Å²) in [6, 6.07) is 16.3. The van der Waals surface area contributed by atoms with Crippen LogP contribution < -0.4 is 0 Å². The number of pyridine rings is 2. The molecule has 0 spiro atoms. The molecule has 2 nitrogen and oxygen atoms in total. The molecular weight excluding hydrogens is 491 g/mol. The van der Waals surface area contributed by atoms with Crippen molar-refractivity contribution in [2.75, 3.05) is 0 Å². The second-order valence-electron chi connectivity index (χ2n) is 10.2. The van der Waals surface area contributed by atoms with Gasteiger partial charge in [0, 0.05) is 36.7 Å². The molecule has 0 atom stereocenters. The summed E-state index contributed by atoms with van der Waals surface area (Å²) in [6.45, 7) is 11.3. The molecule has 0 fully saturated rings. The molecular formula is C28H25IN2. The number of rotatable bonds is 1. The lowest BCUT2D eigenvalue weighted by Crippen LogP contribution is -2.08. The van der Waals surface area contributed by atoms with E-state index in [1.54, 1.807) is 0 Å². The van der Waals surface area contributed by atoms with Gasteiger partial charge in [-0.2, -0.15) is 0 Å². The summed E-state index contributed by atoms with van der Waals surface area (Å²) in [7, 11) is 0. The van der Waals surface area contributed by atoms with E-state index in [1.807, 2.05) is 6.20 Å². The maximum atomic E-state index is 4.96. The fraction of sp³-hybridized carbons (Fsp3) is 0.250. The van der Waals surface area contributed by atoms with Crippen LogP contribution in [-0.2, 0) is 6.42 Å². The molecule has 3 aromatic heterocycles. The molecule has 0 aliphatic carbocycles. The lowest BCUT2D eigenvalue weighted by Gasteiger charge is -2.18. The molecule has 3 heterocycles. The van der Waals surface area contributed by atoms with Crippen molar-refractivity contribution in [3.63, 3.8) is 0 Å². The van der Waals surface area contributed by atoms with Crippen LogP contribution in [0, 0.1) is 22.8 Å². The maximum absolute atomic E-state index is 4.96. The molecule has 0 aliphatic heterocycles. The van der Waals surface area contributed by atoms with E-state index >= 15 is 0 Å². The zero-order chi connectivity index (χ0) is 21.7. The maximum Gasteiger partial charge on any atom is 0.0823 e. The lowest BCUT2D eigenvalue weighted by atomic mass is 9.88. The first kappa shape index (κ1) is 19.3. The largest absolute Gasteiger partial charge is 0.308 e. The van der Waals surface area contributed by atoms with Gasteiger partial charge in [0.2, 0.25) is 0 Å². The van der Waals surface area contributed by atoms with Crippen LogP contribution in [0.3, 0.4) is 0 Å². The SMILES string of the molecule is Cc1cc(C)c2c(c1)c1ncc(I)c3ccc4c5cc(CC(C)(C)C)ccc5n2c4c31. The van der Waals surface area contributed by atoms with E-state index in [2.05, 4.69) is 104 Å². The second-order valence-corrected chi connectivity index (χ2v) is 11.4. The minimum atomic E-state index is 0.265. The Hall–Kier alpha value is -2.40. The second kappa shape index (κ2) is 6.32. The normalized spacial score (nSPS) is 13.0. The minimum absolute atomic E-state index is 0.265. The highest BCUT2D eigenvalue weighted by Gasteiger charge is 2.21. The van der Waals surface area contributed by atoms with Crippen LogP contribution in [0.2, 0.25) is 0 Å². The van der Waals surface area contributed by atoms with Gasteiger partial charge in [0.05, 0.1) is 22.1 Å². The van der Waals surface area contributed by atoms with Crippen molar-refractivity contribution in [1.29, 1.82) is 0 Å². The molecule has 0 saturated carbocycles. The molecule has 154 valence electrons. The van der Waals surface area contributed by atoms with Gasteiger partial charge in [-0.3, -0.25) is 4.98 Å². The van der Waals surface area contributed by atoms with Gasteiger partial charge in [0.15, 0.2) is 0 Å². The Bertz CT molecular complexity index is 1660. The van der Waals surface area contributed by atoms with Crippen LogP contribution in [-0.4, -0.2) is 9.38 Å². The zero-order valence-electron chi connectivity index (χ0n) is 18.6. The van der Waals surface area contributed by atoms with Crippen LogP contribution >= 0.6 is 22.6 Å². The van der Waals surface area contributed by atoms with E-state index < -0.39 is 0 Å². The fourth-order valence-corrected chi connectivity index (χ4v) is 6.03. The van der Waals surface area contributed by atoms with E-state index in [-0.39, 0.29) is 5.41 Å². The summed E-state index contributed by atoms with van der Waals surface area (Å²) >= 11 is 2.42. The Kier molecular flexibility index (Phi) is 3.93. The Morgan fingerprint density at radius 1 is 0.871 bits per heavy atom. The van der Waals surface area contributed by atoms with E-state index in [9.17, 15) is 0 Å². The van der Waals surface area contributed by atoms with Gasteiger partial charge in [0.1, 0.15) is 0 Å². The zero-order valence-corrected chi connectivity index (χ0v) is 20.8. The quantitative estimate of drug-likeness (QED) is 0.122. The van der Waals surface area contributed by atoms with Gasteiger partial charge in [-0.05, 0) is 77.6 Å². The van der Waals surface area contributed by atoms with Crippen molar-refractivity contribution in [2.45, 2.75) is 41.0 Å². The molecule has 3 heteroatoms. The van der Waals surface area contributed by atoms with Gasteiger partial charge >= 0.3 is 0 Å².